The van der Waals surface area contributed by atoms with Crippen LogP contribution in [0.2, 0.25) is 5.02 Å². The van der Waals surface area contributed by atoms with Crippen molar-refractivity contribution in [3.05, 3.63) is 82.4 Å². The van der Waals surface area contributed by atoms with Crippen LogP contribution in [-0.4, -0.2) is 33.9 Å². The quantitative estimate of drug-likeness (QED) is 0.543. The minimum atomic E-state index is -3.89. The average Bonchev–Trinajstić information content (AvgIpc) is 2.87. The zero-order valence-electron chi connectivity index (χ0n) is 18.9. The maximum absolute atomic E-state index is 13.6. The topological polar surface area (TPSA) is 98.8 Å². The van der Waals surface area contributed by atoms with Crippen LogP contribution in [0.15, 0.2) is 65.6 Å². The smallest absolute Gasteiger partial charge is 0.326 e. The molecule has 0 fully saturated rings. The summed E-state index contributed by atoms with van der Waals surface area (Å²) in [6.07, 6.45) is 1.54. The Morgan fingerprint density at radius 2 is 1.83 bits per heavy atom. The van der Waals surface area contributed by atoms with Crippen LogP contribution in [0.5, 0.6) is 0 Å². The molecule has 0 aromatic heterocycles. The predicted molar refractivity (Wildman–Crippen MR) is 136 cm³/mol. The number of nitrogens with one attached hydrogen (secondary N) is 2. The highest BCUT2D eigenvalue weighted by Gasteiger charge is 2.32. The minimum Gasteiger partial charge on any atom is -0.355 e. The van der Waals surface area contributed by atoms with E-state index in [1.165, 1.54) is 27.4 Å². The number of fused-ring (bicyclic) bond motifs is 2. The van der Waals surface area contributed by atoms with Gasteiger partial charge >= 0.3 is 6.03 Å². The fourth-order valence-electron chi connectivity index (χ4n) is 4.49. The van der Waals surface area contributed by atoms with Crippen LogP contribution in [0.3, 0.4) is 0 Å². The lowest BCUT2D eigenvalue weighted by Gasteiger charge is -2.32. The first-order valence-electron chi connectivity index (χ1n) is 11.1. The van der Waals surface area contributed by atoms with Gasteiger partial charge in [-0.2, -0.15) is 0 Å². The zero-order valence-corrected chi connectivity index (χ0v) is 20.5. The average molecular weight is 511 g/mol. The number of carbonyl (C=O) groups is 2. The molecule has 3 aromatic rings. The van der Waals surface area contributed by atoms with E-state index in [0.717, 1.165) is 18.4 Å². The molecule has 35 heavy (non-hydrogen) atoms. The van der Waals surface area contributed by atoms with Gasteiger partial charge in [-0.3, -0.25) is 14.0 Å². The van der Waals surface area contributed by atoms with Gasteiger partial charge in [0.05, 0.1) is 27.8 Å². The molecule has 180 valence electrons. The molecule has 0 saturated carbocycles. The zero-order chi connectivity index (χ0) is 24.7. The van der Waals surface area contributed by atoms with Crippen molar-refractivity contribution in [3.63, 3.8) is 0 Å². The Morgan fingerprint density at radius 3 is 2.63 bits per heavy atom. The van der Waals surface area contributed by atoms with Crippen LogP contribution in [0.1, 0.15) is 27.9 Å². The van der Waals surface area contributed by atoms with Gasteiger partial charge in [0.15, 0.2) is 0 Å². The van der Waals surface area contributed by atoms with Gasteiger partial charge in [-0.1, -0.05) is 29.8 Å². The summed E-state index contributed by atoms with van der Waals surface area (Å²) in [5, 5.41) is 5.61. The van der Waals surface area contributed by atoms with E-state index in [4.69, 9.17) is 11.6 Å². The minimum absolute atomic E-state index is 0.0475. The van der Waals surface area contributed by atoms with E-state index in [1.807, 2.05) is 24.3 Å². The van der Waals surface area contributed by atoms with Crippen molar-refractivity contribution in [2.45, 2.75) is 24.3 Å². The number of halogens is 1. The molecule has 2 aliphatic heterocycles. The molecule has 3 amide bonds. The van der Waals surface area contributed by atoms with E-state index in [2.05, 4.69) is 10.6 Å². The van der Waals surface area contributed by atoms with Crippen LogP contribution < -0.4 is 19.8 Å². The van der Waals surface area contributed by atoms with Crippen LogP contribution in [0, 0.1) is 0 Å². The van der Waals surface area contributed by atoms with Crippen LogP contribution in [0.4, 0.5) is 21.9 Å². The fourth-order valence-corrected chi connectivity index (χ4v) is 6.27. The second kappa shape index (κ2) is 8.90. The second-order valence-corrected chi connectivity index (χ2v) is 10.7. The number of benzene rings is 3. The third-order valence-corrected chi connectivity index (χ3v) is 8.40. The summed E-state index contributed by atoms with van der Waals surface area (Å²) in [6.45, 7) is 0.499. The Morgan fingerprint density at radius 1 is 1.03 bits per heavy atom. The van der Waals surface area contributed by atoms with Crippen molar-refractivity contribution >= 4 is 50.6 Å². The van der Waals surface area contributed by atoms with E-state index in [1.54, 1.807) is 25.2 Å². The van der Waals surface area contributed by atoms with Crippen molar-refractivity contribution in [3.8, 4) is 0 Å². The van der Waals surface area contributed by atoms with Gasteiger partial charge in [-0.15, -0.1) is 0 Å². The number of urea groups is 1. The highest BCUT2D eigenvalue weighted by atomic mass is 35.5. The van der Waals surface area contributed by atoms with Crippen molar-refractivity contribution in [2.75, 3.05) is 28.1 Å². The molecule has 5 rings (SSSR count). The number of amides is 3. The lowest BCUT2D eigenvalue weighted by Crippen LogP contribution is -2.39. The molecule has 8 nitrogen and oxygen atoms in total. The van der Waals surface area contributed by atoms with Crippen molar-refractivity contribution in [2.24, 2.45) is 0 Å². The third kappa shape index (κ3) is 4.11. The first kappa shape index (κ1) is 23.2. The summed E-state index contributed by atoms with van der Waals surface area (Å²) >= 11 is 6.45. The first-order valence-corrected chi connectivity index (χ1v) is 12.9. The SMILES string of the molecule is CNC(=O)c1ccc2c(c1)CN(c1cc(S(=O)(=O)N3CCCc4ccccc43)ccc1Cl)C(=O)N2. The number of sulfonamides is 1. The molecule has 2 heterocycles. The molecule has 0 radical (unpaired) electrons. The first-order chi connectivity index (χ1) is 16.8. The van der Waals surface area contributed by atoms with Gasteiger partial charge in [0.2, 0.25) is 0 Å². The molecular weight excluding hydrogens is 488 g/mol. The standard InChI is InChI=1S/C25H23ClN4O4S/c1-27-24(31)17-8-11-21-18(13-17)15-29(25(32)28-21)23-14-19(9-10-20(23)26)35(33,34)30-12-4-6-16-5-2-3-7-22(16)30/h2-3,5,7-11,13-14H,4,6,12,15H2,1H3,(H,27,31)(H,28,32). The van der Waals surface area contributed by atoms with Crippen LogP contribution >= 0.6 is 11.6 Å². The highest BCUT2D eigenvalue weighted by Crippen LogP contribution is 2.37. The Labute approximate surface area is 208 Å². The van der Waals surface area contributed by atoms with E-state index in [0.29, 0.717) is 29.0 Å². The predicted octanol–water partition coefficient (Wildman–Crippen LogP) is 4.39. The molecular formula is C25H23ClN4O4S. The number of rotatable bonds is 4. The molecule has 0 bridgehead atoms. The van der Waals surface area contributed by atoms with E-state index in [-0.39, 0.29) is 28.1 Å². The summed E-state index contributed by atoms with van der Waals surface area (Å²) < 4.78 is 28.7. The number of carbonyl (C=O) groups excluding carboxylic acids is 2. The van der Waals surface area contributed by atoms with Crippen LogP contribution in [0.25, 0.3) is 0 Å². The Balaban J connectivity index is 1.52. The number of hydrogen-bond donors (Lipinski definition) is 2. The Hall–Kier alpha value is -3.56. The van der Waals surface area contributed by atoms with Crippen LogP contribution in [-0.2, 0) is 23.0 Å². The Bertz CT molecular complexity index is 1460. The van der Waals surface area contributed by atoms with Crippen molar-refractivity contribution in [1.82, 2.24) is 5.32 Å². The van der Waals surface area contributed by atoms with Gasteiger partial charge in [0.25, 0.3) is 15.9 Å². The van der Waals surface area contributed by atoms with E-state index in [9.17, 15) is 18.0 Å². The number of aryl methyl sites for hydroxylation is 1. The molecule has 0 spiro atoms. The van der Waals surface area contributed by atoms with E-state index < -0.39 is 16.1 Å². The summed E-state index contributed by atoms with van der Waals surface area (Å²) in [7, 11) is -2.35. The van der Waals surface area contributed by atoms with Gasteiger partial charge in [-0.25, -0.2) is 13.2 Å². The lowest BCUT2D eigenvalue weighted by atomic mass is 10.0. The largest absolute Gasteiger partial charge is 0.355 e. The fraction of sp³-hybridized carbons (Fsp3) is 0.200. The number of para-hydroxylation sites is 1. The van der Waals surface area contributed by atoms with Crippen molar-refractivity contribution in [1.29, 1.82) is 0 Å². The van der Waals surface area contributed by atoms with Gasteiger partial charge < -0.3 is 10.6 Å². The molecule has 0 atom stereocenters. The number of hydrogen-bond acceptors (Lipinski definition) is 4. The number of nitrogens with zero attached hydrogens (tertiary/aromatic N) is 2. The second-order valence-electron chi connectivity index (χ2n) is 8.39. The molecule has 2 N–H and O–H groups in total. The lowest BCUT2D eigenvalue weighted by molar-refractivity contribution is 0.0963. The van der Waals surface area contributed by atoms with Crippen molar-refractivity contribution < 1.29 is 18.0 Å². The maximum atomic E-state index is 13.6. The highest BCUT2D eigenvalue weighted by molar-refractivity contribution is 7.92. The normalized spacial score (nSPS) is 15.2. The van der Waals surface area contributed by atoms with Gasteiger partial charge in [0, 0.05) is 24.8 Å². The molecule has 0 unspecified atom stereocenters. The monoisotopic (exact) mass is 510 g/mol. The Kier molecular flexibility index (Phi) is 5.90. The molecule has 0 aliphatic carbocycles. The third-order valence-electron chi connectivity index (χ3n) is 6.27. The van der Waals surface area contributed by atoms with E-state index >= 15 is 0 Å². The molecule has 10 heteroatoms. The molecule has 2 aliphatic rings. The summed E-state index contributed by atoms with van der Waals surface area (Å²) in [4.78, 5) is 26.4. The maximum Gasteiger partial charge on any atom is 0.326 e. The van der Waals surface area contributed by atoms with Gasteiger partial charge in [0.1, 0.15) is 0 Å². The summed E-state index contributed by atoms with van der Waals surface area (Å²) in [6, 6.07) is 16.4. The summed E-state index contributed by atoms with van der Waals surface area (Å²) in [5.74, 6) is -0.246. The molecule has 3 aromatic carbocycles. The number of anilines is 3. The molecule has 0 saturated heterocycles. The summed E-state index contributed by atoms with van der Waals surface area (Å²) in [5.41, 5.74) is 3.67. The van der Waals surface area contributed by atoms with Gasteiger partial charge in [-0.05, 0) is 66.4 Å².